The molecule has 2 rings (SSSR count). The fraction of sp³-hybridized carbons (Fsp3) is 0. The van der Waals surface area contributed by atoms with Crippen LogP contribution in [-0.4, -0.2) is 15.0 Å². The molecule has 0 aliphatic heterocycles. The number of pyridine rings is 1. The highest BCUT2D eigenvalue weighted by molar-refractivity contribution is 5.13. The lowest BCUT2D eigenvalue weighted by atomic mass is 10.5. The van der Waals surface area contributed by atoms with E-state index in [1.165, 1.54) is 0 Å². The van der Waals surface area contributed by atoms with E-state index in [2.05, 4.69) is 21.1 Å². The van der Waals surface area contributed by atoms with Crippen LogP contribution in [-0.2, 0) is 0 Å². The van der Waals surface area contributed by atoms with Gasteiger partial charge in [0.1, 0.15) is 0 Å². The summed E-state index contributed by atoms with van der Waals surface area (Å²) in [4.78, 5) is 11.6. The average molecular weight is 172 g/mol. The minimum Gasteiger partial charge on any atom is -0.405 e. The Kier molecular flexibility index (Phi) is 2.14. The molecular weight excluding hydrogens is 166 g/mol. The highest BCUT2D eigenvalue weighted by atomic mass is 16.5. The summed E-state index contributed by atoms with van der Waals surface area (Å²) in [6.45, 7) is 0. The topological polar surface area (TPSA) is 47.9 Å². The maximum absolute atomic E-state index is 5.21. The summed E-state index contributed by atoms with van der Waals surface area (Å²) in [7, 11) is 0. The largest absolute Gasteiger partial charge is 0.405 e. The zero-order valence-corrected chi connectivity index (χ0v) is 6.71. The van der Waals surface area contributed by atoms with E-state index in [1.807, 2.05) is 12.1 Å². The summed E-state index contributed by atoms with van der Waals surface area (Å²) >= 11 is 0. The molecule has 13 heavy (non-hydrogen) atoms. The summed E-state index contributed by atoms with van der Waals surface area (Å²) < 4.78 is 5.21. The second-order valence-corrected chi connectivity index (χ2v) is 2.24. The van der Waals surface area contributed by atoms with Gasteiger partial charge < -0.3 is 4.74 Å². The van der Waals surface area contributed by atoms with Crippen LogP contribution in [0.25, 0.3) is 0 Å². The van der Waals surface area contributed by atoms with E-state index in [1.54, 1.807) is 24.5 Å². The fourth-order valence-electron chi connectivity index (χ4n) is 0.806. The minimum absolute atomic E-state index is 0.251. The first-order valence-corrected chi connectivity index (χ1v) is 3.73. The molecule has 0 aromatic carbocycles. The molecule has 2 aromatic heterocycles. The number of ether oxygens (including phenoxy) is 1. The molecule has 0 N–H and O–H groups in total. The van der Waals surface area contributed by atoms with Crippen LogP contribution in [0.4, 0.5) is 0 Å². The monoisotopic (exact) mass is 172 g/mol. The van der Waals surface area contributed by atoms with Crippen molar-refractivity contribution in [3.05, 3.63) is 42.9 Å². The zero-order chi connectivity index (χ0) is 8.93. The van der Waals surface area contributed by atoms with E-state index >= 15 is 0 Å². The standard InChI is InChI=1S/C9H6N3O/c1-2-5-10-8(4-1)13-9-11-6-3-7-12-9/h1-6H. The molecule has 1 radical (unpaired) electrons. The van der Waals surface area contributed by atoms with Crippen molar-refractivity contribution in [2.45, 2.75) is 0 Å². The van der Waals surface area contributed by atoms with Gasteiger partial charge in [-0.05, 0) is 12.1 Å². The molecule has 63 valence electrons. The van der Waals surface area contributed by atoms with Crippen LogP contribution in [0.3, 0.4) is 0 Å². The van der Waals surface area contributed by atoms with Crippen LogP contribution in [0.1, 0.15) is 0 Å². The Morgan fingerprint density at radius 3 is 2.85 bits per heavy atom. The van der Waals surface area contributed by atoms with Crippen molar-refractivity contribution < 1.29 is 4.74 Å². The van der Waals surface area contributed by atoms with E-state index in [0.717, 1.165) is 0 Å². The van der Waals surface area contributed by atoms with Gasteiger partial charge in [0.05, 0.1) is 6.20 Å². The van der Waals surface area contributed by atoms with Gasteiger partial charge in [-0.1, -0.05) is 6.07 Å². The van der Waals surface area contributed by atoms with Gasteiger partial charge in [0.15, 0.2) is 0 Å². The lowest BCUT2D eigenvalue weighted by molar-refractivity contribution is 0.424. The van der Waals surface area contributed by atoms with Crippen LogP contribution < -0.4 is 4.74 Å². The normalized spacial score (nSPS) is 9.54. The summed E-state index contributed by atoms with van der Waals surface area (Å²) in [5.41, 5.74) is 0. The Hall–Kier alpha value is -1.97. The molecule has 0 bridgehead atoms. The Labute approximate surface area is 75.3 Å². The number of hydrogen-bond donors (Lipinski definition) is 0. The summed E-state index contributed by atoms with van der Waals surface area (Å²) in [5, 5.41) is 0. The van der Waals surface area contributed by atoms with Gasteiger partial charge in [0.2, 0.25) is 5.88 Å². The van der Waals surface area contributed by atoms with Crippen molar-refractivity contribution in [1.29, 1.82) is 0 Å². The molecule has 4 nitrogen and oxygen atoms in total. The molecule has 0 spiro atoms. The Morgan fingerprint density at radius 2 is 2.15 bits per heavy atom. The predicted molar refractivity (Wildman–Crippen MR) is 45.2 cm³/mol. The van der Waals surface area contributed by atoms with Crippen LogP contribution >= 0.6 is 0 Å². The van der Waals surface area contributed by atoms with Crippen molar-refractivity contribution in [1.82, 2.24) is 15.0 Å². The van der Waals surface area contributed by atoms with Gasteiger partial charge in [0, 0.05) is 18.5 Å². The van der Waals surface area contributed by atoms with Crippen molar-refractivity contribution in [2.24, 2.45) is 0 Å². The van der Waals surface area contributed by atoms with Gasteiger partial charge in [-0.25, -0.2) is 9.97 Å². The van der Waals surface area contributed by atoms with Gasteiger partial charge in [-0.15, -0.1) is 0 Å². The first-order valence-electron chi connectivity index (χ1n) is 3.73. The quantitative estimate of drug-likeness (QED) is 0.688. The molecule has 2 heterocycles. The molecule has 0 saturated heterocycles. The summed E-state index contributed by atoms with van der Waals surface area (Å²) in [6, 6.07) is 7.22. The summed E-state index contributed by atoms with van der Waals surface area (Å²) in [5.74, 6) is 0.474. The molecule has 0 aliphatic carbocycles. The molecule has 0 saturated carbocycles. The predicted octanol–water partition coefficient (Wildman–Crippen LogP) is 1.46. The van der Waals surface area contributed by atoms with Crippen LogP contribution in [0, 0.1) is 6.20 Å². The third kappa shape index (κ3) is 1.99. The van der Waals surface area contributed by atoms with Gasteiger partial charge in [0.25, 0.3) is 0 Å². The number of nitrogens with zero attached hydrogens (tertiary/aromatic N) is 3. The SMILES string of the molecule is [c]1ccnc(Oc2ccccn2)n1. The maximum atomic E-state index is 5.21. The molecule has 0 atom stereocenters. The van der Waals surface area contributed by atoms with E-state index in [-0.39, 0.29) is 6.01 Å². The van der Waals surface area contributed by atoms with Gasteiger partial charge >= 0.3 is 6.01 Å². The fourth-order valence-corrected chi connectivity index (χ4v) is 0.806. The highest BCUT2D eigenvalue weighted by Gasteiger charge is 1.97. The lowest BCUT2D eigenvalue weighted by Gasteiger charge is -1.99. The number of rotatable bonds is 2. The van der Waals surface area contributed by atoms with E-state index in [0.29, 0.717) is 5.88 Å². The lowest BCUT2D eigenvalue weighted by Crippen LogP contribution is -1.91. The van der Waals surface area contributed by atoms with Crippen molar-refractivity contribution in [3.8, 4) is 11.9 Å². The molecule has 4 heteroatoms. The van der Waals surface area contributed by atoms with Gasteiger partial charge in [-0.3, -0.25) is 0 Å². The average Bonchev–Trinajstić information content (AvgIpc) is 2.21. The molecule has 2 aromatic rings. The number of hydrogen-bond acceptors (Lipinski definition) is 4. The Bertz CT molecular complexity index is 326. The molecule has 0 unspecified atom stereocenters. The van der Waals surface area contributed by atoms with Crippen LogP contribution in [0.5, 0.6) is 11.9 Å². The van der Waals surface area contributed by atoms with Crippen molar-refractivity contribution >= 4 is 0 Å². The molecular formula is C9H6N3O. The van der Waals surface area contributed by atoms with Gasteiger partial charge in [-0.2, -0.15) is 4.98 Å². The number of aromatic nitrogens is 3. The van der Waals surface area contributed by atoms with Crippen molar-refractivity contribution in [3.63, 3.8) is 0 Å². The first-order chi connectivity index (χ1) is 6.45. The third-order valence-corrected chi connectivity index (χ3v) is 1.33. The van der Waals surface area contributed by atoms with Crippen LogP contribution in [0.15, 0.2) is 36.7 Å². The highest BCUT2D eigenvalue weighted by Crippen LogP contribution is 2.11. The Balaban J connectivity index is 2.16. The minimum atomic E-state index is 0.251. The zero-order valence-electron chi connectivity index (χ0n) is 6.71. The van der Waals surface area contributed by atoms with Crippen molar-refractivity contribution in [2.75, 3.05) is 0 Å². The van der Waals surface area contributed by atoms with Crippen LogP contribution in [0.2, 0.25) is 0 Å². The Morgan fingerprint density at radius 1 is 1.15 bits per heavy atom. The van der Waals surface area contributed by atoms with E-state index < -0.39 is 0 Å². The first kappa shape index (κ1) is 7.67. The second kappa shape index (κ2) is 3.62. The second-order valence-electron chi connectivity index (χ2n) is 2.24. The van der Waals surface area contributed by atoms with E-state index in [9.17, 15) is 0 Å². The molecule has 0 aliphatic rings. The third-order valence-electron chi connectivity index (χ3n) is 1.33. The smallest absolute Gasteiger partial charge is 0.323 e. The van der Waals surface area contributed by atoms with E-state index in [4.69, 9.17) is 4.74 Å². The molecule has 0 fully saturated rings. The maximum Gasteiger partial charge on any atom is 0.323 e. The molecule has 0 amide bonds. The summed E-state index contributed by atoms with van der Waals surface area (Å²) in [6.07, 6.45) is 5.82.